The molecule has 0 amide bonds. The van der Waals surface area contributed by atoms with Crippen LogP contribution in [0.5, 0.6) is 11.5 Å². The number of fused-ring (bicyclic) bond motifs is 1. The Labute approximate surface area is 113 Å². The molecule has 0 radical (unpaired) electrons. The molecule has 2 unspecified atom stereocenters. The zero-order valence-electron chi connectivity index (χ0n) is 11.4. The second-order valence-electron chi connectivity index (χ2n) is 5.66. The number of para-hydroxylation sites is 1. The van der Waals surface area contributed by atoms with E-state index in [-0.39, 0.29) is 11.7 Å². The summed E-state index contributed by atoms with van der Waals surface area (Å²) in [6, 6.07) is 5.62. The Kier molecular flexibility index (Phi) is 3.45. The van der Waals surface area contributed by atoms with Gasteiger partial charge in [0.05, 0.1) is 5.56 Å². The van der Waals surface area contributed by atoms with Crippen LogP contribution in [0.15, 0.2) is 18.2 Å². The van der Waals surface area contributed by atoms with Gasteiger partial charge < -0.3 is 9.47 Å². The maximum Gasteiger partial charge on any atom is 0.172 e. The smallest absolute Gasteiger partial charge is 0.172 e. The van der Waals surface area contributed by atoms with E-state index in [4.69, 9.17) is 9.47 Å². The summed E-state index contributed by atoms with van der Waals surface area (Å²) in [6.07, 6.45) is 4.41. The fraction of sp³-hybridized carbons (Fsp3) is 0.562. The number of Topliss-reactive ketones (excluding diaryl/α,β-unsaturated/α-hetero) is 1. The number of carbonyl (C=O) groups is 1. The van der Waals surface area contributed by atoms with Gasteiger partial charge in [0.2, 0.25) is 0 Å². The van der Waals surface area contributed by atoms with Crippen molar-refractivity contribution in [1.82, 2.24) is 0 Å². The Morgan fingerprint density at radius 3 is 2.89 bits per heavy atom. The van der Waals surface area contributed by atoms with Gasteiger partial charge >= 0.3 is 0 Å². The van der Waals surface area contributed by atoms with E-state index < -0.39 is 0 Å². The van der Waals surface area contributed by atoms with E-state index in [0.717, 1.165) is 19.3 Å². The standard InChI is InChI=1S/C16H20O3/c1-11-4-2-5-12(10-11)15(17)13-6-3-7-14-16(13)19-9-8-18-14/h3,6-7,11-12H,2,4-5,8-10H2,1H3. The van der Waals surface area contributed by atoms with E-state index >= 15 is 0 Å². The molecule has 0 saturated heterocycles. The molecule has 2 atom stereocenters. The van der Waals surface area contributed by atoms with Crippen molar-refractivity contribution in [1.29, 1.82) is 0 Å². The molecule has 0 spiro atoms. The summed E-state index contributed by atoms with van der Waals surface area (Å²) in [5.74, 6) is 2.40. The predicted molar refractivity (Wildman–Crippen MR) is 72.9 cm³/mol. The molecule has 102 valence electrons. The summed E-state index contributed by atoms with van der Waals surface area (Å²) < 4.78 is 11.2. The molecule has 1 aromatic rings. The molecule has 3 heteroatoms. The Bertz CT molecular complexity index is 481. The number of carbonyl (C=O) groups excluding carboxylic acids is 1. The highest BCUT2D eigenvalue weighted by atomic mass is 16.6. The second kappa shape index (κ2) is 5.24. The SMILES string of the molecule is CC1CCCC(C(=O)c2cccc3c2OCCO3)C1. The zero-order chi connectivity index (χ0) is 13.2. The molecule has 1 aromatic carbocycles. The van der Waals surface area contributed by atoms with Gasteiger partial charge in [-0.05, 0) is 30.9 Å². The van der Waals surface area contributed by atoms with Gasteiger partial charge in [0.15, 0.2) is 17.3 Å². The molecule has 0 N–H and O–H groups in total. The molecule has 1 aliphatic heterocycles. The van der Waals surface area contributed by atoms with E-state index in [1.807, 2.05) is 18.2 Å². The highest BCUT2D eigenvalue weighted by Crippen LogP contribution is 2.38. The first-order valence-corrected chi connectivity index (χ1v) is 7.18. The molecular weight excluding hydrogens is 240 g/mol. The largest absolute Gasteiger partial charge is 0.486 e. The minimum absolute atomic E-state index is 0.153. The normalized spacial score (nSPS) is 25.9. The Morgan fingerprint density at radius 1 is 1.21 bits per heavy atom. The first-order chi connectivity index (χ1) is 9.25. The third-order valence-electron chi connectivity index (χ3n) is 4.14. The molecule has 19 heavy (non-hydrogen) atoms. The van der Waals surface area contributed by atoms with Gasteiger partial charge in [0.1, 0.15) is 13.2 Å². The van der Waals surface area contributed by atoms with Crippen LogP contribution in [-0.4, -0.2) is 19.0 Å². The fourth-order valence-corrected chi connectivity index (χ4v) is 3.16. The molecule has 3 nitrogen and oxygen atoms in total. The molecule has 3 rings (SSSR count). The first-order valence-electron chi connectivity index (χ1n) is 7.18. The number of benzene rings is 1. The minimum atomic E-state index is 0.153. The van der Waals surface area contributed by atoms with Crippen molar-refractivity contribution in [3.8, 4) is 11.5 Å². The van der Waals surface area contributed by atoms with Gasteiger partial charge in [-0.15, -0.1) is 0 Å². The van der Waals surface area contributed by atoms with Crippen LogP contribution in [0.2, 0.25) is 0 Å². The second-order valence-corrected chi connectivity index (χ2v) is 5.66. The Balaban J connectivity index is 1.87. The number of ketones is 1. The van der Waals surface area contributed by atoms with Crippen molar-refractivity contribution in [2.45, 2.75) is 32.6 Å². The van der Waals surface area contributed by atoms with Crippen LogP contribution in [0.3, 0.4) is 0 Å². The van der Waals surface area contributed by atoms with E-state index in [1.54, 1.807) is 0 Å². The molecule has 0 aromatic heterocycles. The van der Waals surface area contributed by atoms with E-state index in [0.29, 0.717) is 36.2 Å². The summed E-state index contributed by atoms with van der Waals surface area (Å²) in [5.41, 5.74) is 0.705. The minimum Gasteiger partial charge on any atom is -0.486 e. The van der Waals surface area contributed by atoms with Crippen molar-refractivity contribution in [3.05, 3.63) is 23.8 Å². The molecule has 1 saturated carbocycles. The van der Waals surface area contributed by atoms with Gasteiger partial charge in [-0.3, -0.25) is 4.79 Å². The van der Waals surface area contributed by atoms with Crippen LogP contribution in [0, 0.1) is 11.8 Å². The van der Waals surface area contributed by atoms with Gasteiger partial charge in [0, 0.05) is 5.92 Å². The zero-order valence-corrected chi connectivity index (χ0v) is 11.4. The quantitative estimate of drug-likeness (QED) is 0.764. The molecule has 2 aliphatic rings. The first kappa shape index (κ1) is 12.5. The molecule has 1 fully saturated rings. The van der Waals surface area contributed by atoms with Crippen LogP contribution in [0.4, 0.5) is 0 Å². The van der Waals surface area contributed by atoms with Crippen LogP contribution >= 0.6 is 0 Å². The van der Waals surface area contributed by atoms with E-state index in [2.05, 4.69) is 6.92 Å². The lowest BCUT2D eigenvalue weighted by atomic mass is 9.78. The van der Waals surface area contributed by atoms with Crippen molar-refractivity contribution in [2.75, 3.05) is 13.2 Å². The van der Waals surface area contributed by atoms with Gasteiger partial charge in [-0.2, -0.15) is 0 Å². The average Bonchev–Trinajstić information content (AvgIpc) is 2.46. The topological polar surface area (TPSA) is 35.5 Å². The van der Waals surface area contributed by atoms with Gasteiger partial charge in [-0.25, -0.2) is 0 Å². The van der Waals surface area contributed by atoms with Crippen molar-refractivity contribution in [2.24, 2.45) is 11.8 Å². The fourth-order valence-electron chi connectivity index (χ4n) is 3.16. The monoisotopic (exact) mass is 260 g/mol. The molecule has 1 aliphatic carbocycles. The van der Waals surface area contributed by atoms with Crippen LogP contribution in [0.1, 0.15) is 43.0 Å². The lowest BCUT2D eigenvalue weighted by molar-refractivity contribution is 0.0857. The number of hydrogen-bond acceptors (Lipinski definition) is 3. The van der Waals surface area contributed by atoms with Gasteiger partial charge in [0.25, 0.3) is 0 Å². The maximum atomic E-state index is 12.7. The molecular formula is C16H20O3. The maximum absolute atomic E-state index is 12.7. The number of rotatable bonds is 2. The van der Waals surface area contributed by atoms with Crippen LogP contribution in [0.25, 0.3) is 0 Å². The molecule has 0 bridgehead atoms. The van der Waals surface area contributed by atoms with Crippen LogP contribution in [-0.2, 0) is 0 Å². The van der Waals surface area contributed by atoms with Crippen molar-refractivity contribution < 1.29 is 14.3 Å². The third-order valence-corrected chi connectivity index (χ3v) is 4.14. The van der Waals surface area contributed by atoms with Crippen LogP contribution < -0.4 is 9.47 Å². The third kappa shape index (κ3) is 2.46. The summed E-state index contributed by atoms with van der Waals surface area (Å²) in [6.45, 7) is 3.32. The van der Waals surface area contributed by atoms with E-state index in [9.17, 15) is 4.79 Å². The summed E-state index contributed by atoms with van der Waals surface area (Å²) in [5, 5.41) is 0. The Morgan fingerprint density at radius 2 is 2.05 bits per heavy atom. The highest BCUT2D eigenvalue weighted by Gasteiger charge is 2.29. The number of hydrogen-bond donors (Lipinski definition) is 0. The van der Waals surface area contributed by atoms with Crippen molar-refractivity contribution >= 4 is 5.78 Å². The number of ether oxygens (including phenoxy) is 2. The van der Waals surface area contributed by atoms with Gasteiger partial charge in [-0.1, -0.05) is 25.8 Å². The van der Waals surface area contributed by atoms with E-state index in [1.165, 1.54) is 6.42 Å². The summed E-state index contributed by atoms with van der Waals surface area (Å²) in [7, 11) is 0. The molecule has 1 heterocycles. The average molecular weight is 260 g/mol. The Hall–Kier alpha value is -1.51. The summed E-state index contributed by atoms with van der Waals surface area (Å²) >= 11 is 0. The highest BCUT2D eigenvalue weighted by molar-refractivity contribution is 6.01. The predicted octanol–water partition coefficient (Wildman–Crippen LogP) is 3.47. The summed E-state index contributed by atoms with van der Waals surface area (Å²) in [4.78, 5) is 12.7. The lowest BCUT2D eigenvalue weighted by Gasteiger charge is -2.27. The lowest BCUT2D eigenvalue weighted by Crippen LogP contribution is -2.24. The van der Waals surface area contributed by atoms with Crippen molar-refractivity contribution in [3.63, 3.8) is 0 Å².